The van der Waals surface area contributed by atoms with Gasteiger partial charge in [0.2, 0.25) is 5.91 Å². The Morgan fingerprint density at radius 2 is 0.855 bits per heavy atom. The maximum atomic E-state index is 13.8. The highest BCUT2D eigenvalue weighted by molar-refractivity contribution is 5.76. The molecule has 0 radical (unpaired) electrons. The Hall–Kier alpha value is -1.63. The molecule has 0 aromatic heterocycles. The summed E-state index contributed by atoms with van der Waals surface area (Å²) in [6.45, 7) is 8.59. The first-order valence-corrected chi connectivity index (χ1v) is 24.1. The van der Waals surface area contributed by atoms with E-state index >= 15 is 0 Å². The van der Waals surface area contributed by atoms with E-state index in [4.69, 9.17) is 9.84 Å². The Balaban J connectivity index is 4.98. The van der Waals surface area contributed by atoms with Crippen molar-refractivity contribution in [3.63, 3.8) is 0 Å². The molecule has 0 heterocycles. The van der Waals surface area contributed by atoms with E-state index in [9.17, 15) is 14.4 Å². The SMILES string of the molecule is CCCCCCCCCCN(C(=O)CCCN(C)C)C(CCCCCCCCC(=O)O)CCCCCCCCC(=O)OC(CCCCCC)CCCCCC. The van der Waals surface area contributed by atoms with Gasteiger partial charge in [-0.1, -0.05) is 168 Å². The molecule has 326 valence electrons. The molecule has 0 aromatic rings. The third-order valence-corrected chi connectivity index (χ3v) is 11.4. The molecule has 1 amide bonds. The molecule has 55 heavy (non-hydrogen) atoms. The van der Waals surface area contributed by atoms with Crippen molar-refractivity contribution in [2.75, 3.05) is 27.2 Å². The standard InChI is InChI=1S/C48H94N2O5/c1-6-9-12-15-16-21-26-33-43-50(46(51)39-34-42-49(4)5)44(35-27-22-17-19-24-31-40-47(52)53)36-28-23-18-20-25-32-41-48(54)55-45(37-29-13-10-7-2)38-30-14-11-8-3/h44-45H,6-43H2,1-5H3,(H,52,53). The molecule has 0 saturated carbocycles. The normalized spacial score (nSPS) is 12.1. The third-order valence-electron chi connectivity index (χ3n) is 11.4. The Bertz CT molecular complexity index is 853. The maximum Gasteiger partial charge on any atom is 0.306 e. The summed E-state index contributed by atoms with van der Waals surface area (Å²) in [7, 11) is 4.17. The van der Waals surface area contributed by atoms with Crippen molar-refractivity contribution in [1.29, 1.82) is 0 Å². The maximum absolute atomic E-state index is 13.8. The average molecular weight is 779 g/mol. The number of nitrogens with zero attached hydrogens (tertiary/aromatic N) is 2. The van der Waals surface area contributed by atoms with Crippen LogP contribution < -0.4 is 0 Å². The molecule has 1 atom stereocenters. The van der Waals surface area contributed by atoms with Crippen molar-refractivity contribution in [3.05, 3.63) is 0 Å². The minimum atomic E-state index is -0.695. The zero-order valence-corrected chi connectivity index (χ0v) is 37.5. The second-order valence-electron chi connectivity index (χ2n) is 17.1. The van der Waals surface area contributed by atoms with Crippen LogP contribution >= 0.6 is 0 Å². The van der Waals surface area contributed by atoms with E-state index in [1.807, 2.05) is 0 Å². The lowest BCUT2D eigenvalue weighted by Gasteiger charge is -2.33. The minimum Gasteiger partial charge on any atom is -0.481 e. The summed E-state index contributed by atoms with van der Waals surface area (Å²) >= 11 is 0. The van der Waals surface area contributed by atoms with Gasteiger partial charge in [-0.3, -0.25) is 14.4 Å². The highest BCUT2D eigenvalue weighted by atomic mass is 16.5. The van der Waals surface area contributed by atoms with Gasteiger partial charge >= 0.3 is 11.9 Å². The number of amides is 1. The second kappa shape index (κ2) is 40.6. The Morgan fingerprint density at radius 1 is 0.455 bits per heavy atom. The number of unbranched alkanes of at least 4 members (excludes halogenated alkanes) is 23. The van der Waals surface area contributed by atoms with Crippen molar-refractivity contribution in [2.45, 2.75) is 264 Å². The molecule has 0 bridgehead atoms. The molecular weight excluding hydrogens is 685 g/mol. The molecule has 0 saturated heterocycles. The lowest BCUT2D eigenvalue weighted by molar-refractivity contribution is -0.150. The first-order chi connectivity index (χ1) is 26.7. The number of carboxylic acid groups (broad SMARTS) is 1. The number of rotatable bonds is 43. The number of aliphatic carboxylic acids is 1. The largest absolute Gasteiger partial charge is 0.481 e. The zero-order valence-electron chi connectivity index (χ0n) is 37.5. The molecule has 0 aromatic carbocycles. The molecule has 0 spiro atoms. The number of carbonyl (C=O) groups excluding carboxylic acids is 2. The fraction of sp³-hybridized carbons (Fsp3) is 0.938. The number of hydrogen-bond donors (Lipinski definition) is 1. The van der Waals surface area contributed by atoms with Gasteiger partial charge in [-0.25, -0.2) is 0 Å². The van der Waals surface area contributed by atoms with Crippen LogP contribution in [0.3, 0.4) is 0 Å². The number of ether oxygens (including phenoxy) is 1. The summed E-state index contributed by atoms with van der Waals surface area (Å²) in [4.78, 5) is 41.8. The predicted octanol–water partition coefficient (Wildman–Crippen LogP) is 13.8. The molecule has 0 aliphatic carbocycles. The molecule has 7 heteroatoms. The van der Waals surface area contributed by atoms with E-state index in [0.29, 0.717) is 24.8 Å². The first-order valence-electron chi connectivity index (χ1n) is 24.1. The van der Waals surface area contributed by atoms with E-state index < -0.39 is 5.97 Å². The van der Waals surface area contributed by atoms with Crippen LogP contribution in [0.15, 0.2) is 0 Å². The Kier molecular flexibility index (Phi) is 39.4. The summed E-state index contributed by atoms with van der Waals surface area (Å²) in [6.07, 6.45) is 39.7. The average Bonchev–Trinajstić information content (AvgIpc) is 3.15. The van der Waals surface area contributed by atoms with Crippen molar-refractivity contribution in [3.8, 4) is 0 Å². The quantitative estimate of drug-likeness (QED) is 0.0490. The Morgan fingerprint density at radius 3 is 1.33 bits per heavy atom. The number of carbonyl (C=O) groups is 3. The van der Waals surface area contributed by atoms with Crippen molar-refractivity contribution in [1.82, 2.24) is 9.80 Å². The summed E-state index contributed by atoms with van der Waals surface area (Å²) < 4.78 is 6.00. The predicted molar refractivity (Wildman–Crippen MR) is 235 cm³/mol. The fourth-order valence-electron chi connectivity index (χ4n) is 7.90. The van der Waals surface area contributed by atoms with Crippen LogP contribution in [0.2, 0.25) is 0 Å². The van der Waals surface area contributed by atoms with Crippen LogP contribution in [0.5, 0.6) is 0 Å². The zero-order chi connectivity index (χ0) is 40.6. The van der Waals surface area contributed by atoms with Gasteiger partial charge in [0.15, 0.2) is 0 Å². The van der Waals surface area contributed by atoms with Gasteiger partial charge in [-0.15, -0.1) is 0 Å². The number of carboxylic acids is 1. The molecule has 1 unspecified atom stereocenters. The summed E-state index contributed by atoms with van der Waals surface area (Å²) in [5, 5.41) is 8.93. The van der Waals surface area contributed by atoms with Crippen molar-refractivity contribution >= 4 is 17.8 Å². The minimum absolute atomic E-state index is 0.00548. The van der Waals surface area contributed by atoms with Gasteiger partial charge in [0.05, 0.1) is 0 Å². The molecule has 0 aliphatic rings. The molecule has 0 aliphatic heterocycles. The Labute approximate surface area is 342 Å². The van der Waals surface area contributed by atoms with Crippen LogP contribution in [0.1, 0.15) is 252 Å². The van der Waals surface area contributed by atoms with Gasteiger partial charge in [0, 0.05) is 31.8 Å². The first kappa shape index (κ1) is 53.4. The topological polar surface area (TPSA) is 87.2 Å². The van der Waals surface area contributed by atoms with E-state index in [1.165, 1.54) is 96.3 Å². The van der Waals surface area contributed by atoms with Crippen LogP contribution in [-0.4, -0.2) is 72.1 Å². The monoisotopic (exact) mass is 779 g/mol. The summed E-state index contributed by atoms with van der Waals surface area (Å²) in [5.74, 6) is -0.342. The highest BCUT2D eigenvalue weighted by Gasteiger charge is 2.23. The number of hydrogen-bond acceptors (Lipinski definition) is 5. The van der Waals surface area contributed by atoms with Crippen LogP contribution in [0.25, 0.3) is 0 Å². The fourth-order valence-corrected chi connectivity index (χ4v) is 7.90. The molecular formula is C48H94N2O5. The lowest BCUT2D eigenvalue weighted by Crippen LogP contribution is -2.41. The van der Waals surface area contributed by atoms with Gasteiger partial charge in [-0.2, -0.15) is 0 Å². The smallest absolute Gasteiger partial charge is 0.306 e. The third kappa shape index (κ3) is 36.5. The van der Waals surface area contributed by atoms with Gasteiger partial charge in [0.25, 0.3) is 0 Å². The van der Waals surface area contributed by atoms with E-state index in [-0.39, 0.29) is 18.5 Å². The van der Waals surface area contributed by atoms with Crippen LogP contribution in [0, 0.1) is 0 Å². The molecule has 7 nitrogen and oxygen atoms in total. The lowest BCUT2D eigenvalue weighted by atomic mass is 9.97. The second-order valence-corrected chi connectivity index (χ2v) is 17.1. The molecule has 1 N–H and O–H groups in total. The molecule has 0 rings (SSSR count). The van der Waals surface area contributed by atoms with E-state index in [2.05, 4.69) is 44.7 Å². The van der Waals surface area contributed by atoms with Crippen LogP contribution in [-0.2, 0) is 19.1 Å². The van der Waals surface area contributed by atoms with E-state index in [0.717, 1.165) is 129 Å². The molecule has 0 fully saturated rings. The van der Waals surface area contributed by atoms with Gasteiger partial charge in [-0.05, 0) is 84.8 Å². The summed E-state index contributed by atoms with van der Waals surface area (Å²) in [6, 6.07) is 0.315. The summed E-state index contributed by atoms with van der Waals surface area (Å²) in [5.41, 5.74) is 0. The van der Waals surface area contributed by atoms with Gasteiger partial charge in [0.1, 0.15) is 6.10 Å². The van der Waals surface area contributed by atoms with Gasteiger partial charge < -0.3 is 19.6 Å². The van der Waals surface area contributed by atoms with Crippen molar-refractivity contribution < 1.29 is 24.2 Å². The number of esters is 1. The highest BCUT2D eigenvalue weighted by Crippen LogP contribution is 2.22. The van der Waals surface area contributed by atoms with Crippen molar-refractivity contribution in [2.24, 2.45) is 0 Å². The van der Waals surface area contributed by atoms with Crippen LogP contribution in [0.4, 0.5) is 0 Å². The van der Waals surface area contributed by atoms with E-state index in [1.54, 1.807) is 0 Å².